The zero-order valence-corrected chi connectivity index (χ0v) is 33.1. The number of esters is 2. The molecule has 0 radical (unpaired) electrons. The number of allylic oxidation sites excluding steroid dienone is 2. The van der Waals surface area contributed by atoms with Crippen LogP contribution in [0, 0.1) is 50.2 Å². The molecule has 9 atom stereocenters. The van der Waals surface area contributed by atoms with Crippen molar-refractivity contribution in [2.75, 3.05) is 6.61 Å². The second-order valence-corrected chi connectivity index (χ2v) is 19.5. The molecule has 2 aromatic rings. The Morgan fingerprint density at radius 3 is 1.87 bits per heavy atom. The van der Waals surface area contributed by atoms with Crippen molar-refractivity contribution in [3.8, 4) is 0 Å². The molecule has 0 spiro atoms. The normalized spacial score (nSPS) is 37.9. The van der Waals surface area contributed by atoms with Crippen LogP contribution in [0.1, 0.15) is 154 Å². The van der Waals surface area contributed by atoms with Gasteiger partial charge < -0.3 is 19.7 Å². The van der Waals surface area contributed by atoms with Crippen LogP contribution in [0.15, 0.2) is 60.2 Å². The largest absolute Gasteiger partial charge is 0.478 e. The third-order valence-corrected chi connectivity index (χ3v) is 16.4. The summed E-state index contributed by atoms with van der Waals surface area (Å²) in [5, 5.41) is 19.4. The molecule has 7 rings (SSSR count). The average Bonchev–Trinajstić information content (AvgIpc) is 3.13. The van der Waals surface area contributed by atoms with E-state index < -0.39 is 23.9 Å². The number of carbonyl (C=O) groups is 4. The first-order chi connectivity index (χ1) is 25.3. The van der Waals surface area contributed by atoms with Crippen LogP contribution in [-0.4, -0.2) is 46.8 Å². The number of carboxylic acid groups (broad SMARTS) is 2. The Morgan fingerprint density at radius 2 is 1.26 bits per heavy atom. The van der Waals surface area contributed by atoms with Crippen LogP contribution in [-0.2, 0) is 9.47 Å². The van der Waals surface area contributed by atoms with E-state index in [0.717, 1.165) is 64.2 Å². The van der Waals surface area contributed by atoms with E-state index in [4.69, 9.17) is 9.47 Å². The predicted molar refractivity (Wildman–Crippen MR) is 205 cm³/mol. The van der Waals surface area contributed by atoms with E-state index in [-0.39, 0.29) is 67.5 Å². The molecule has 5 aliphatic rings. The Morgan fingerprint density at radius 1 is 0.685 bits per heavy atom. The van der Waals surface area contributed by atoms with Crippen LogP contribution in [0.2, 0.25) is 0 Å². The molecular formula is C46H58O8. The molecule has 0 aliphatic heterocycles. The zero-order chi connectivity index (χ0) is 39.1. The van der Waals surface area contributed by atoms with E-state index in [9.17, 15) is 29.4 Å². The maximum Gasteiger partial charge on any atom is 0.339 e. The first-order valence-electron chi connectivity index (χ1n) is 20.0. The Labute approximate surface area is 320 Å². The van der Waals surface area contributed by atoms with Gasteiger partial charge in [-0.05, 0) is 128 Å². The van der Waals surface area contributed by atoms with Crippen molar-refractivity contribution >= 4 is 23.9 Å². The van der Waals surface area contributed by atoms with Gasteiger partial charge in [0, 0.05) is 10.8 Å². The second-order valence-electron chi connectivity index (χ2n) is 19.5. The molecular weight excluding hydrogens is 680 g/mol. The first-order valence-corrected chi connectivity index (χ1v) is 20.0. The summed E-state index contributed by atoms with van der Waals surface area (Å²) in [6.45, 7) is 17.1. The fourth-order valence-electron chi connectivity index (χ4n) is 12.9. The molecule has 0 bridgehead atoms. The summed E-state index contributed by atoms with van der Waals surface area (Å²) in [6.07, 6.45) is 12.5. The summed E-state index contributed by atoms with van der Waals surface area (Å²) in [5.41, 5.74) is 1.57. The molecule has 4 saturated carbocycles. The number of rotatable bonds is 7. The van der Waals surface area contributed by atoms with Gasteiger partial charge in [0.15, 0.2) is 0 Å². The van der Waals surface area contributed by atoms with E-state index in [0.29, 0.717) is 17.8 Å². The summed E-state index contributed by atoms with van der Waals surface area (Å²) >= 11 is 0. The van der Waals surface area contributed by atoms with Gasteiger partial charge in [0.25, 0.3) is 0 Å². The Balaban J connectivity index is 1.12. The lowest BCUT2D eigenvalue weighted by Crippen LogP contribution is -2.64. The summed E-state index contributed by atoms with van der Waals surface area (Å²) in [6, 6.07) is 12.6. The minimum atomic E-state index is -1.14. The van der Waals surface area contributed by atoms with E-state index in [1.807, 2.05) is 0 Å². The van der Waals surface area contributed by atoms with Gasteiger partial charge >= 0.3 is 23.9 Å². The maximum absolute atomic E-state index is 13.5. The fraction of sp³-hybridized carbons (Fsp3) is 0.609. The first kappa shape index (κ1) is 38.3. The van der Waals surface area contributed by atoms with Gasteiger partial charge in [-0.15, -0.1) is 0 Å². The highest BCUT2D eigenvalue weighted by Crippen LogP contribution is 2.75. The van der Waals surface area contributed by atoms with Crippen LogP contribution in [0.5, 0.6) is 0 Å². The number of aromatic carboxylic acids is 2. The Bertz CT molecular complexity index is 1910. The van der Waals surface area contributed by atoms with Gasteiger partial charge in [-0.2, -0.15) is 0 Å². The molecule has 1 unspecified atom stereocenters. The van der Waals surface area contributed by atoms with Crippen molar-refractivity contribution in [1.29, 1.82) is 0 Å². The monoisotopic (exact) mass is 738 g/mol. The second kappa shape index (κ2) is 13.1. The summed E-state index contributed by atoms with van der Waals surface area (Å²) in [4.78, 5) is 50.3. The minimum absolute atomic E-state index is 0.0252. The van der Waals surface area contributed by atoms with Gasteiger partial charge in [0.2, 0.25) is 0 Å². The Hall–Kier alpha value is -3.94. The SMILES string of the molecule is CC1(C)C(OC(=O)c2ccccc2C(=O)O)CC[C@]2(C)[C@H]3CC=C4[C@@H]5C[C@@](C)(COC(=O)c6ccccc6C(=O)O)CC[C@]5(C)CC[C@@]4(C)[C@]3(C)CC[C@@H]12. The lowest BCUT2D eigenvalue weighted by atomic mass is 9.33. The van der Waals surface area contributed by atoms with Crippen LogP contribution in [0.3, 0.4) is 0 Å². The van der Waals surface area contributed by atoms with Gasteiger partial charge in [-0.25, -0.2) is 19.2 Å². The molecule has 2 aromatic carbocycles. The smallest absolute Gasteiger partial charge is 0.339 e. The maximum atomic E-state index is 13.5. The lowest BCUT2D eigenvalue weighted by molar-refractivity contribution is -0.203. The molecule has 4 fully saturated rings. The summed E-state index contributed by atoms with van der Waals surface area (Å²) in [7, 11) is 0. The van der Waals surface area contributed by atoms with E-state index in [2.05, 4.69) is 54.5 Å². The minimum Gasteiger partial charge on any atom is -0.478 e. The van der Waals surface area contributed by atoms with E-state index in [1.54, 1.807) is 35.9 Å². The highest BCUT2D eigenvalue weighted by atomic mass is 16.5. The van der Waals surface area contributed by atoms with Crippen LogP contribution in [0.25, 0.3) is 0 Å². The molecule has 0 amide bonds. The third-order valence-electron chi connectivity index (χ3n) is 16.4. The number of benzene rings is 2. The Kier molecular flexibility index (Phi) is 9.29. The summed E-state index contributed by atoms with van der Waals surface area (Å²) < 4.78 is 12.2. The highest BCUT2D eigenvalue weighted by Gasteiger charge is 2.68. The van der Waals surface area contributed by atoms with Gasteiger partial charge in [0.05, 0.1) is 28.9 Å². The van der Waals surface area contributed by atoms with Crippen molar-refractivity contribution in [2.24, 2.45) is 50.2 Å². The third kappa shape index (κ3) is 5.83. The van der Waals surface area contributed by atoms with Gasteiger partial charge in [0.1, 0.15) is 6.10 Å². The number of fused-ring (bicyclic) bond motifs is 7. The fourth-order valence-corrected chi connectivity index (χ4v) is 12.9. The molecule has 2 N–H and O–H groups in total. The standard InChI is InChI=1S/C46H58O8/c1-41(2)34-18-21-46(7)35(44(34,5)20-19-36(41)54-40(52)31-15-11-9-13-29(31)38(49)50)17-16-32-33-26-42(3,22-23-43(33,4)24-25-45(32,46)6)27-53-39(51)30-14-10-8-12-28(30)37(47)48/h8-16,33-36H,17-27H2,1-7H3,(H,47,48)(H,49,50)/t33-,34-,35+,36?,42-,43+,44-,45+,46+/m0/s1. The zero-order valence-electron chi connectivity index (χ0n) is 33.1. The number of hydrogen-bond donors (Lipinski definition) is 2. The molecule has 0 aromatic heterocycles. The predicted octanol–water partition coefficient (Wildman–Crippen LogP) is 10.3. The van der Waals surface area contributed by atoms with Crippen LogP contribution >= 0.6 is 0 Å². The number of carboxylic acids is 2. The lowest BCUT2D eigenvalue weighted by Gasteiger charge is -2.71. The number of ether oxygens (including phenoxy) is 2. The molecule has 0 saturated heterocycles. The van der Waals surface area contributed by atoms with Crippen molar-refractivity contribution in [1.82, 2.24) is 0 Å². The van der Waals surface area contributed by atoms with Crippen molar-refractivity contribution in [2.45, 2.75) is 119 Å². The average molecular weight is 739 g/mol. The van der Waals surface area contributed by atoms with Crippen LogP contribution in [0.4, 0.5) is 0 Å². The van der Waals surface area contributed by atoms with Gasteiger partial charge in [-0.3, -0.25) is 0 Å². The van der Waals surface area contributed by atoms with E-state index >= 15 is 0 Å². The van der Waals surface area contributed by atoms with Gasteiger partial charge in [-0.1, -0.05) is 84.4 Å². The molecule has 5 aliphatic carbocycles. The van der Waals surface area contributed by atoms with Crippen LogP contribution < -0.4 is 0 Å². The van der Waals surface area contributed by atoms with Crippen molar-refractivity contribution in [3.05, 3.63) is 82.4 Å². The van der Waals surface area contributed by atoms with E-state index in [1.165, 1.54) is 18.2 Å². The number of carbonyl (C=O) groups excluding carboxylic acids is 2. The quantitative estimate of drug-likeness (QED) is 0.212. The molecule has 54 heavy (non-hydrogen) atoms. The molecule has 8 heteroatoms. The highest BCUT2D eigenvalue weighted by molar-refractivity contribution is 6.03. The molecule has 8 nitrogen and oxygen atoms in total. The molecule has 290 valence electrons. The van der Waals surface area contributed by atoms with Crippen molar-refractivity contribution < 1.29 is 38.9 Å². The van der Waals surface area contributed by atoms with Crippen molar-refractivity contribution in [3.63, 3.8) is 0 Å². The number of hydrogen-bond acceptors (Lipinski definition) is 6. The molecule has 0 heterocycles. The topological polar surface area (TPSA) is 127 Å². The summed E-state index contributed by atoms with van der Waals surface area (Å²) in [5.74, 6) is -2.22.